The molecule has 1 aliphatic carbocycles. The Bertz CT molecular complexity index is 473. The Kier molecular flexibility index (Phi) is 4.77. The second-order valence-electron chi connectivity index (χ2n) is 5.43. The van der Waals surface area contributed by atoms with Crippen molar-refractivity contribution in [1.82, 2.24) is 10.3 Å². The first-order valence-electron chi connectivity index (χ1n) is 7.16. The van der Waals surface area contributed by atoms with Crippen LogP contribution in [0.25, 0.3) is 0 Å². The molecule has 19 heavy (non-hydrogen) atoms. The molecule has 1 aromatic rings. The average Bonchev–Trinajstić information content (AvgIpc) is 2.45. The molecule has 4 heteroatoms. The van der Waals surface area contributed by atoms with Gasteiger partial charge in [-0.05, 0) is 30.7 Å². The fraction of sp³-hybridized carbons (Fsp3) is 0.600. The Labute approximate surface area is 113 Å². The molecule has 0 atom stereocenters. The molecule has 0 spiro atoms. The third kappa shape index (κ3) is 3.94. The smallest absolute Gasteiger partial charge is 0.267 e. The Morgan fingerprint density at radius 3 is 2.58 bits per heavy atom. The molecule has 2 N–H and O–H groups in total. The van der Waals surface area contributed by atoms with Crippen molar-refractivity contribution in [1.29, 1.82) is 0 Å². The molecule has 1 fully saturated rings. The minimum atomic E-state index is -0.240. The van der Waals surface area contributed by atoms with Gasteiger partial charge in [-0.3, -0.25) is 9.59 Å². The van der Waals surface area contributed by atoms with Crippen LogP contribution in [0.3, 0.4) is 0 Å². The predicted octanol–water partition coefficient (Wildman–Crippen LogP) is 2.32. The number of pyridine rings is 1. The lowest BCUT2D eigenvalue weighted by atomic mass is 9.81. The summed E-state index contributed by atoms with van der Waals surface area (Å²) in [5.74, 6) is 1.27. The Morgan fingerprint density at radius 2 is 1.95 bits per heavy atom. The highest BCUT2D eigenvalue weighted by Crippen LogP contribution is 2.30. The van der Waals surface area contributed by atoms with Gasteiger partial charge < -0.3 is 10.3 Å². The molecule has 0 unspecified atom stereocenters. The number of hydrogen-bond acceptors (Lipinski definition) is 2. The molecule has 1 saturated carbocycles. The van der Waals surface area contributed by atoms with E-state index < -0.39 is 0 Å². The zero-order valence-electron chi connectivity index (χ0n) is 11.4. The van der Waals surface area contributed by atoms with Crippen LogP contribution in [0.4, 0.5) is 0 Å². The van der Waals surface area contributed by atoms with Crippen molar-refractivity contribution in [3.63, 3.8) is 0 Å². The summed E-state index contributed by atoms with van der Waals surface area (Å²) in [6.07, 6.45) is 6.22. The lowest BCUT2D eigenvalue weighted by Gasteiger charge is -2.27. The summed E-state index contributed by atoms with van der Waals surface area (Å²) < 4.78 is 0. The standard InChI is InChI=1S/C15H22N2O2/c1-2-11-6-8-12(9-7-11)10-16-15(19)13-4-3-5-14(18)17-13/h3-5,11-12H,2,6-10H2,1H3,(H,16,19)(H,17,18). The number of hydrogen-bond donors (Lipinski definition) is 2. The molecular weight excluding hydrogens is 240 g/mol. The van der Waals surface area contributed by atoms with Gasteiger partial charge in [0.15, 0.2) is 0 Å². The highest BCUT2D eigenvalue weighted by Gasteiger charge is 2.20. The summed E-state index contributed by atoms with van der Waals surface area (Å²) in [6, 6.07) is 4.63. The average molecular weight is 262 g/mol. The van der Waals surface area contributed by atoms with E-state index in [0.29, 0.717) is 18.2 Å². The maximum Gasteiger partial charge on any atom is 0.267 e. The minimum absolute atomic E-state index is 0.185. The minimum Gasteiger partial charge on any atom is -0.350 e. The van der Waals surface area contributed by atoms with E-state index >= 15 is 0 Å². The molecule has 1 aromatic heterocycles. The molecule has 4 nitrogen and oxygen atoms in total. The highest BCUT2D eigenvalue weighted by molar-refractivity contribution is 5.92. The molecule has 1 heterocycles. The van der Waals surface area contributed by atoms with Gasteiger partial charge in [0.25, 0.3) is 5.91 Å². The fourth-order valence-corrected chi connectivity index (χ4v) is 2.76. The molecule has 0 aliphatic heterocycles. The van der Waals surface area contributed by atoms with E-state index in [2.05, 4.69) is 17.2 Å². The second kappa shape index (κ2) is 6.55. The van der Waals surface area contributed by atoms with Gasteiger partial charge in [-0.25, -0.2) is 0 Å². The molecule has 0 aromatic carbocycles. The van der Waals surface area contributed by atoms with Crippen molar-refractivity contribution < 1.29 is 4.79 Å². The van der Waals surface area contributed by atoms with Gasteiger partial charge in [0, 0.05) is 12.6 Å². The van der Waals surface area contributed by atoms with Crippen LogP contribution in [0.5, 0.6) is 0 Å². The zero-order chi connectivity index (χ0) is 13.7. The van der Waals surface area contributed by atoms with Gasteiger partial charge in [0.2, 0.25) is 5.56 Å². The van der Waals surface area contributed by atoms with Gasteiger partial charge in [-0.1, -0.05) is 32.3 Å². The highest BCUT2D eigenvalue weighted by atomic mass is 16.2. The van der Waals surface area contributed by atoms with Crippen LogP contribution in [0.2, 0.25) is 0 Å². The van der Waals surface area contributed by atoms with Crippen LogP contribution < -0.4 is 10.9 Å². The quantitative estimate of drug-likeness (QED) is 0.874. The topological polar surface area (TPSA) is 62.0 Å². The second-order valence-corrected chi connectivity index (χ2v) is 5.43. The number of aromatic amines is 1. The number of carbonyl (C=O) groups excluding carboxylic acids is 1. The molecule has 2 rings (SSSR count). The van der Waals surface area contributed by atoms with Crippen LogP contribution >= 0.6 is 0 Å². The summed E-state index contributed by atoms with van der Waals surface area (Å²) in [5, 5.41) is 2.92. The molecule has 1 aliphatic rings. The van der Waals surface area contributed by atoms with E-state index in [4.69, 9.17) is 0 Å². The Morgan fingerprint density at radius 1 is 1.26 bits per heavy atom. The van der Waals surface area contributed by atoms with Crippen molar-refractivity contribution in [3.05, 3.63) is 34.2 Å². The first kappa shape index (κ1) is 13.8. The normalized spacial score (nSPS) is 23.0. The first-order valence-corrected chi connectivity index (χ1v) is 7.16. The van der Waals surface area contributed by atoms with Gasteiger partial charge >= 0.3 is 0 Å². The molecule has 0 radical (unpaired) electrons. The van der Waals surface area contributed by atoms with Crippen LogP contribution in [0.1, 0.15) is 49.5 Å². The van der Waals surface area contributed by atoms with Gasteiger partial charge in [-0.15, -0.1) is 0 Å². The zero-order valence-corrected chi connectivity index (χ0v) is 11.4. The lowest BCUT2D eigenvalue weighted by molar-refractivity contribution is 0.0936. The number of amides is 1. The Balaban J connectivity index is 1.80. The fourth-order valence-electron chi connectivity index (χ4n) is 2.76. The number of H-pyrrole nitrogens is 1. The lowest BCUT2D eigenvalue weighted by Crippen LogP contribution is -2.32. The molecule has 0 saturated heterocycles. The summed E-state index contributed by atoms with van der Waals surface area (Å²) in [4.78, 5) is 25.6. The number of aromatic nitrogens is 1. The van der Waals surface area contributed by atoms with Crippen molar-refractivity contribution in [2.24, 2.45) is 11.8 Å². The van der Waals surface area contributed by atoms with Crippen LogP contribution in [0.15, 0.2) is 23.0 Å². The van der Waals surface area contributed by atoms with Gasteiger partial charge in [0.1, 0.15) is 5.69 Å². The molecular formula is C15H22N2O2. The third-order valence-electron chi connectivity index (χ3n) is 4.11. The van der Waals surface area contributed by atoms with E-state index in [9.17, 15) is 9.59 Å². The maximum atomic E-state index is 11.9. The van der Waals surface area contributed by atoms with Crippen molar-refractivity contribution in [2.75, 3.05) is 6.54 Å². The summed E-state index contributed by atoms with van der Waals surface area (Å²) in [5.41, 5.74) is 0.103. The number of carbonyl (C=O) groups is 1. The van der Waals surface area contributed by atoms with Crippen molar-refractivity contribution in [3.8, 4) is 0 Å². The monoisotopic (exact) mass is 262 g/mol. The van der Waals surface area contributed by atoms with Crippen molar-refractivity contribution >= 4 is 5.91 Å². The van der Waals surface area contributed by atoms with Gasteiger partial charge in [-0.2, -0.15) is 0 Å². The van der Waals surface area contributed by atoms with Crippen molar-refractivity contribution in [2.45, 2.75) is 39.0 Å². The van der Waals surface area contributed by atoms with E-state index in [-0.39, 0.29) is 11.5 Å². The van der Waals surface area contributed by atoms with E-state index in [1.54, 1.807) is 12.1 Å². The molecule has 0 bridgehead atoms. The molecule has 1 amide bonds. The number of nitrogens with one attached hydrogen (secondary N) is 2. The summed E-state index contributed by atoms with van der Waals surface area (Å²) >= 11 is 0. The predicted molar refractivity (Wildman–Crippen MR) is 75.1 cm³/mol. The summed E-state index contributed by atoms with van der Waals surface area (Å²) in [6.45, 7) is 2.96. The Hall–Kier alpha value is -1.58. The summed E-state index contributed by atoms with van der Waals surface area (Å²) in [7, 11) is 0. The van der Waals surface area contributed by atoms with Crippen LogP contribution in [-0.4, -0.2) is 17.4 Å². The maximum absolute atomic E-state index is 11.9. The van der Waals surface area contributed by atoms with Crippen LogP contribution in [-0.2, 0) is 0 Å². The first-order chi connectivity index (χ1) is 9.19. The largest absolute Gasteiger partial charge is 0.350 e. The van der Waals surface area contributed by atoms with Crippen LogP contribution in [0, 0.1) is 11.8 Å². The van der Waals surface area contributed by atoms with Gasteiger partial charge in [0.05, 0.1) is 0 Å². The number of rotatable bonds is 4. The SMILES string of the molecule is CCC1CCC(CNC(=O)c2cccc(=O)[nH]2)CC1. The van der Waals surface area contributed by atoms with E-state index in [1.807, 2.05) is 0 Å². The van der Waals surface area contributed by atoms with E-state index in [1.165, 1.54) is 38.2 Å². The third-order valence-corrected chi connectivity index (χ3v) is 4.11. The molecule has 104 valence electrons. The van der Waals surface area contributed by atoms with E-state index in [0.717, 1.165) is 5.92 Å².